The average Bonchev–Trinajstić information content (AvgIpc) is 2.99. The first-order chi connectivity index (χ1) is 12.2. The van der Waals surface area contributed by atoms with E-state index in [1.54, 1.807) is 12.4 Å². The van der Waals surface area contributed by atoms with Crippen LogP contribution in [0.4, 0.5) is 0 Å². The first-order valence-corrected chi connectivity index (χ1v) is 8.88. The number of nitrogens with zero attached hydrogens (tertiary/aromatic N) is 2. The third-order valence-electron chi connectivity index (χ3n) is 4.87. The Balaban J connectivity index is 1.64. The van der Waals surface area contributed by atoms with E-state index in [-0.39, 0.29) is 11.7 Å². The summed E-state index contributed by atoms with van der Waals surface area (Å²) in [7, 11) is 0. The number of rotatable bonds is 1. The lowest BCUT2D eigenvalue weighted by molar-refractivity contribution is 0.449. The molecule has 0 saturated carbocycles. The van der Waals surface area contributed by atoms with Gasteiger partial charge in [0.2, 0.25) is 0 Å². The number of hydrazine groups is 1. The van der Waals surface area contributed by atoms with E-state index >= 15 is 0 Å². The minimum absolute atomic E-state index is 0.224. The highest BCUT2D eigenvalue weighted by molar-refractivity contribution is 9.10. The highest BCUT2D eigenvalue weighted by Gasteiger charge is 2.31. The van der Waals surface area contributed by atoms with Gasteiger partial charge in [-0.3, -0.25) is 10.4 Å². The molecule has 5 nitrogen and oxygen atoms in total. The van der Waals surface area contributed by atoms with Crippen LogP contribution in [-0.4, -0.2) is 21.4 Å². The van der Waals surface area contributed by atoms with E-state index in [1.807, 2.05) is 18.3 Å². The number of aromatic hydroxyl groups is 1. The van der Waals surface area contributed by atoms with E-state index in [0.29, 0.717) is 0 Å². The standard InChI is InChI=1S/C19H15BrN4O/c20-15-7-11(2-6-17(15)25)14-4-5-16-18-12(8-22-19(14)18)1-3-13-9-21-10-23-24(13)16/h1-3,5-10,14,22,25H,4H2,(H,21,23). The van der Waals surface area contributed by atoms with Crippen LogP contribution in [0.15, 0.2) is 57.9 Å². The molecule has 2 aliphatic heterocycles. The summed E-state index contributed by atoms with van der Waals surface area (Å²) in [4.78, 5) is 7.66. The van der Waals surface area contributed by atoms with Crippen molar-refractivity contribution in [2.45, 2.75) is 12.3 Å². The second kappa shape index (κ2) is 5.39. The second-order valence-electron chi connectivity index (χ2n) is 6.25. The van der Waals surface area contributed by atoms with Crippen molar-refractivity contribution in [1.82, 2.24) is 15.4 Å². The molecule has 25 heavy (non-hydrogen) atoms. The lowest BCUT2D eigenvalue weighted by Gasteiger charge is -2.32. The van der Waals surface area contributed by atoms with Crippen LogP contribution in [0, 0.1) is 0 Å². The van der Waals surface area contributed by atoms with Crippen molar-refractivity contribution in [2.24, 2.45) is 4.99 Å². The van der Waals surface area contributed by atoms with Gasteiger partial charge in [0.25, 0.3) is 0 Å². The Hall–Kier alpha value is -2.73. The maximum Gasteiger partial charge on any atom is 0.129 e. The predicted octanol–water partition coefficient (Wildman–Crippen LogP) is 4.08. The smallest absolute Gasteiger partial charge is 0.129 e. The van der Waals surface area contributed by atoms with Crippen LogP contribution < -0.4 is 5.43 Å². The first kappa shape index (κ1) is 14.6. The van der Waals surface area contributed by atoms with Crippen molar-refractivity contribution in [1.29, 1.82) is 0 Å². The van der Waals surface area contributed by atoms with Crippen LogP contribution in [0.2, 0.25) is 0 Å². The monoisotopic (exact) mass is 394 g/mol. The molecule has 1 aliphatic carbocycles. The van der Waals surface area contributed by atoms with E-state index in [2.05, 4.69) is 60.8 Å². The molecule has 0 bridgehead atoms. The molecule has 3 heterocycles. The zero-order chi connectivity index (χ0) is 17.0. The Morgan fingerprint density at radius 1 is 1.28 bits per heavy atom. The number of aromatic nitrogens is 1. The fourth-order valence-corrected chi connectivity index (χ4v) is 4.08. The number of nitrogens with one attached hydrogen (secondary N) is 2. The number of allylic oxidation sites excluding steroid dienone is 2. The zero-order valence-electron chi connectivity index (χ0n) is 13.2. The number of aliphatic imine (C=N–C) groups is 1. The number of hydrogen-bond acceptors (Lipinski definition) is 4. The summed E-state index contributed by atoms with van der Waals surface area (Å²) in [6.07, 6.45) is 12.9. The van der Waals surface area contributed by atoms with Crippen LogP contribution in [0.1, 0.15) is 34.7 Å². The number of benzene rings is 1. The average molecular weight is 395 g/mol. The van der Waals surface area contributed by atoms with Gasteiger partial charge in [0.05, 0.1) is 22.1 Å². The number of aromatic amines is 1. The molecule has 1 aromatic heterocycles. The quantitative estimate of drug-likeness (QED) is 0.682. The SMILES string of the molecule is Oc1ccc(C2CC=C3c4c(c[nH]c42)C=CC2=CN=CNN23)cc1Br. The Bertz CT molecular complexity index is 999. The van der Waals surface area contributed by atoms with E-state index in [9.17, 15) is 5.11 Å². The van der Waals surface area contributed by atoms with Gasteiger partial charge in [-0.15, -0.1) is 0 Å². The maximum atomic E-state index is 9.79. The first-order valence-electron chi connectivity index (χ1n) is 8.09. The van der Waals surface area contributed by atoms with Crippen LogP contribution in [0.5, 0.6) is 5.75 Å². The maximum absolute atomic E-state index is 9.79. The highest BCUT2D eigenvalue weighted by Crippen LogP contribution is 2.44. The summed E-state index contributed by atoms with van der Waals surface area (Å²) >= 11 is 3.43. The van der Waals surface area contributed by atoms with Gasteiger partial charge in [-0.2, -0.15) is 0 Å². The van der Waals surface area contributed by atoms with Gasteiger partial charge in [0.1, 0.15) is 12.1 Å². The largest absolute Gasteiger partial charge is 0.507 e. The van der Waals surface area contributed by atoms with Crippen molar-refractivity contribution < 1.29 is 5.11 Å². The van der Waals surface area contributed by atoms with E-state index in [0.717, 1.165) is 22.3 Å². The molecule has 0 radical (unpaired) electrons. The van der Waals surface area contributed by atoms with Gasteiger partial charge in [-0.25, -0.2) is 4.99 Å². The number of halogens is 1. The zero-order valence-corrected chi connectivity index (χ0v) is 14.8. The van der Waals surface area contributed by atoms with Gasteiger partial charge < -0.3 is 10.1 Å². The van der Waals surface area contributed by atoms with Gasteiger partial charge in [-0.05, 0) is 46.1 Å². The van der Waals surface area contributed by atoms with E-state index in [4.69, 9.17) is 0 Å². The molecule has 0 spiro atoms. The molecule has 1 unspecified atom stereocenters. The Morgan fingerprint density at radius 3 is 3.08 bits per heavy atom. The molecule has 2 aromatic rings. The third kappa shape index (κ3) is 2.17. The van der Waals surface area contributed by atoms with Crippen LogP contribution >= 0.6 is 15.9 Å². The molecule has 124 valence electrons. The van der Waals surface area contributed by atoms with Crippen LogP contribution in [0.25, 0.3) is 11.8 Å². The minimum atomic E-state index is 0.224. The Kier molecular flexibility index (Phi) is 3.15. The second-order valence-corrected chi connectivity index (χ2v) is 7.11. The number of phenolic OH excluding ortho intramolecular Hbond substituents is 1. The van der Waals surface area contributed by atoms with Crippen molar-refractivity contribution in [3.05, 3.63) is 75.3 Å². The number of H-pyrrole nitrogens is 1. The molecule has 3 aliphatic rings. The lowest BCUT2D eigenvalue weighted by atomic mass is 9.84. The molecule has 0 fully saturated rings. The summed E-state index contributed by atoms with van der Waals surface area (Å²) in [6.45, 7) is 0. The Morgan fingerprint density at radius 2 is 2.20 bits per heavy atom. The van der Waals surface area contributed by atoms with Gasteiger partial charge in [0, 0.05) is 28.9 Å². The molecule has 1 aromatic carbocycles. The van der Waals surface area contributed by atoms with Gasteiger partial charge >= 0.3 is 0 Å². The van der Waals surface area contributed by atoms with Crippen molar-refractivity contribution in [3.8, 4) is 5.75 Å². The molecule has 3 N–H and O–H groups in total. The normalized spacial score (nSPS) is 20.2. The summed E-state index contributed by atoms with van der Waals surface area (Å²) in [6, 6.07) is 5.72. The molecule has 1 atom stereocenters. The number of fused-ring (bicyclic) bond motifs is 2. The van der Waals surface area contributed by atoms with Crippen molar-refractivity contribution in [3.63, 3.8) is 0 Å². The van der Waals surface area contributed by atoms with Crippen LogP contribution in [0.3, 0.4) is 0 Å². The summed E-state index contributed by atoms with van der Waals surface area (Å²) in [5, 5.41) is 11.9. The molecular formula is C19H15BrN4O. The number of hydrogen-bond donors (Lipinski definition) is 3. The minimum Gasteiger partial charge on any atom is -0.507 e. The molecule has 0 saturated heterocycles. The van der Waals surface area contributed by atoms with E-state index in [1.165, 1.54) is 22.4 Å². The summed E-state index contributed by atoms with van der Waals surface area (Å²) < 4.78 is 0.719. The van der Waals surface area contributed by atoms with Crippen molar-refractivity contribution in [2.75, 3.05) is 0 Å². The van der Waals surface area contributed by atoms with Crippen molar-refractivity contribution >= 4 is 34.0 Å². The fourth-order valence-electron chi connectivity index (χ4n) is 3.68. The predicted molar refractivity (Wildman–Crippen MR) is 102 cm³/mol. The van der Waals surface area contributed by atoms with E-state index < -0.39 is 0 Å². The third-order valence-corrected chi connectivity index (χ3v) is 5.50. The lowest BCUT2D eigenvalue weighted by Crippen LogP contribution is -2.36. The molecular weight excluding hydrogens is 380 g/mol. The van der Waals surface area contributed by atoms with Crippen LogP contribution in [-0.2, 0) is 0 Å². The number of phenols is 1. The fraction of sp³-hybridized carbons (Fsp3) is 0.105. The van der Waals surface area contributed by atoms with Gasteiger partial charge in [-0.1, -0.05) is 18.2 Å². The molecule has 5 rings (SSSR count). The topological polar surface area (TPSA) is 63.6 Å². The van der Waals surface area contributed by atoms with Gasteiger partial charge in [0.15, 0.2) is 0 Å². The summed E-state index contributed by atoms with van der Waals surface area (Å²) in [5.41, 5.74) is 10.1. The Labute approximate surface area is 153 Å². The molecule has 6 heteroatoms. The summed E-state index contributed by atoms with van der Waals surface area (Å²) in [5.74, 6) is 0.484. The highest BCUT2D eigenvalue weighted by atomic mass is 79.9. The molecule has 0 amide bonds.